The summed E-state index contributed by atoms with van der Waals surface area (Å²) in [7, 11) is 0. The van der Waals surface area contributed by atoms with Gasteiger partial charge in [-0.3, -0.25) is 9.78 Å². The number of halogens is 2. The Balaban J connectivity index is 0.000000405. The summed E-state index contributed by atoms with van der Waals surface area (Å²) in [4.78, 5) is 43.5. The van der Waals surface area contributed by atoms with Crippen molar-refractivity contribution in [2.75, 3.05) is 10.2 Å². The van der Waals surface area contributed by atoms with Gasteiger partial charge in [-0.2, -0.15) is 8.78 Å². The fraction of sp³-hybridized carbons (Fsp3) is 0.400. The Morgan fingerprint density at radius 1 is 1.11 bits per heavy atom. The molecule has 1 amide bonds. The van der Waals surface area contributed by atoms with Crippen LogP contribution in [0.25, 0.3) is 6.08 Å². The number of primary amides is 1. The minimum atomic E-state index is -3.58. The zero-order valence-corrected chi connectivity index (χ0v) is 20.0. The number of nitrogens with zero attached hydrogens (tertiary/aromatic N) is 3. The second kappa shape index (κ2) is 10.1. The van der Waals surface area contributed by atoms with Gasteiger partial charge in [0.05, 0.1) is 22.5 Å². The minimum Gasteiger partial charge on any atom is -0.478 e. The van der Waals surface area contributed by atoms with Crippen LogP contribution < -0.4 is 16.0 Å². The molecule has 196 valence electrons. The third kappa shape index (κ3) is 5.52. The summed E-state index contributed by atoms with van der Waals surface area (Å²) in [5, 5.41) is 20.2. The van der Waals surface area contributed by atoms with Gasteiger partial charge in [-0.15, -0.1) is 0 Å². The Kier molecular flexibility index (Phi) is 7.10. The Labute approximate surface area is 211 Å². The fourth-order valence-electron chi connectivity index (χ4n) is 5.08. The molecule has 37 heavy (non-hydrogen) atoms. The molecule has 12 heteroatoms. The molecular formula is C25H27F2N5O5. The number of pyridine rings is 2. The Morgan fingerprint density at radius 2 is 1.76 bits per heavy atom. The van der Waals surface area contributed by atoms with Crippen molar-refractivity contribution in [3.8, 4) is 0 Å². The highest BCUT2D eigenvalue weighted by Crippen LogP contribution is 2.40. The van der Waals surface area contributed by atoms with E-state index in [-0.39, 0.29) is 11.6 Å². The summed E-state index contributed by atoms with van der Waals surface area (Å²) >= 11 is 0. The molecule has 2 aromatic heterocycles. The molecule has 0 aromatic carbocycles. The average Bonchev–Trinajstić information content (AvgIpc) is 3.41. The second-order valence-corrected chi connectivity index (χ2v) is 9.39. The van der Waals surface area contributed by atoms with Crippen molar-refractivity contribution < 1.29 is 33.4 Å². The van der Waals surface area contributed by atoms with Crippen molar-refractivity contribution in [3.63, 3.8) is 0 Å². The maximum atomic E-state index is 12.0. The van der Waals surface area contributed by atoms with Gasteiger partial charge in [0, 0.05) is 49.4 Å². The van der Waals surface area contributed by atoms with Gasteiger partial charge in [0.15, 0.2) is 0 Å². The Hall–Kier alpha value is -4.09. The SMILES string of the molecule is CC(F)(F)C(=O)O.NC(=O)c1cnc2c(c1NC1C[C@H]3CC[C@@H](C1)N3c1ccc(C(=O)O)cn1)C=CC2. The van der Waals surface area contributed by atoms with Crippen LogP contribution in [0.15, 0.2) is 30.6 Å². The summed E-state index contributed by atoms with van der Waals surface area (Å²) in [6.45, 7) is 0.329. The van der Waals surface area contributed by atoms with Gasteiger partial charge in [0.25, 0.3) is 5.91 Å². The number of aromatic nitrogens is 2. The lowest BCUT2D eigenvalue weighted by atomic mass is 9.95. The smallest absolute Gasteiger partial charge is 0.374 e. The van der Waals surface area contributed by atoms with Crippen molar-refractivity contribution >= 4 is 35.4 Å². The molecule has 3 atom stereocenters. The summed E-state index contributed by atoms with van der Waals surface area (Å²) < 4.78 is 22.5. The lowest BCUT2D eigenvalue weighted by molar-refractivity contribution is -0.161. The number of alkyl halides is 2. The van der Waals surface area contributed by atoms with Gasteiger partial charge >= 0.3 is 17.9 Å². The van der Waals surface area contributed by atoms with Crippen molar-refractivity contribution in [1.82, 2.24) is 9.97 Å². The van der Waals surface area contributed by atoms with Crippen molar-refractivity contribution in [3.05, 3.63) is 53.0 Å². The normalized spacial score (nSPS) is 21.6. The highest BCUT2D eigenvalue weighted by molar-refractivity contribution is 6.00. The summed E-state index contributed by atoms with van der Waals surface area (Å²) in [6.07, 6.45) is 11.8. The number of aromatic carboxylic acids is 1. The summed E-state index contributed by atoms with van der Waals surface area (Å²) in [6, 6.07) is 4.28. The number of carbonyl (C=O) groups is 3. The molecule has 0 saturated carbocycles. The summed E-state index contributed by atoms with van der Waals surface area (Å²) in [5.41, 5.74) is 8.96. The monoisotopic (exact) mass is 515 g/mol. The van der Waals surface area contributed by atoms with Gasteiger partial charge in [-0.1, -0.05) is 12.2 Å². The maximum absolute atomic E-state index is 12.0. The molecule has 2 fully saturated rings. The van der Waals surface area contributed by atoms with Gasteiger partial charge in [0.2, 0.25) is 0 Å². The first-order valence-corrected chi connectivity index (χ1v) is 11.8. The quantitative estimate of drug-likeness (QED) is 0.453. The number of hydrogen-bond donors (Lipinski definition) is 4. The van der Waals surface area contributed by atoms with Crippen molar-refractivity contribution in [2.45, 2.75) is 63.1 Å². The number of carbonyl (C=O) groups excluding carboxylic acids is 1. The van der Waals surface area contributed by atoms with E-state index in [0.717, 1.165) is 54.9 Å². The van der Waals surface area contributed by atoms with Gasteiger partial charge in [-0.05, 0) is 37.8 Å². The van der Waals surface area contributed by atoms with Crippen LogP contribution >= 0.6 is 0 Å². The van der Waals surface area contributed by atoms with Crippen molar-refractivity contribution in [2.24, 2.45) is 5.73 Å². The largest absolute Gasteiger partial charge is 0.478 e. The molecule has 2 aliphatic heterocycles. The van der Waals surface area contributed by atoms with E-state index in [0.29, 0.717) is 24.6 Å². The number of carboxylic acid groups (broad SMARTS) is 2. The number of nitrogens with one attached hydrogen (secondary N) is 1. The van der Waals surface area contributed by atoms with Gasteiger partial charge in [-0.25, -0.2) is 14.6 Å². The summed E-state index contributed by atoms with van der Waals surface area (Å²) in [5.74, 6) is -6.29. The lowest BCUT2D eigenvalue weighted by Gasteiger charge is -2.40. The molecule has 2 bridgehead atoms. The molecule has 0 spiro atoms. The third-order valence-corrected chi connectivity index (χ3v) is 6.78. The predicted molar refractivity (Wildman–Crippen MR) is 131 cm³/mol. The predicted octanol–water partition coefficient (Wildman–Crippen LogP) is 3.18. The third-order valence-electron chi connectivity index (χ3n) is 6.78. The molecule has 5 rings (SSSR count). The van der Waals surface area contributed by atoms with Gasteiger partial charge in [0.1, 0.15) is 5.82 Å². The topological polar surface area (TPSA) is 159 Å². The van der Waals surface area contributed by atoms with E-state index in [2.05, 4.69) is 20.2 Å². The average molecular weight is 516 g/mol. The zero-order chi connectivity index (χ0) is 26.9. The van der Waals surface area contributed by atoms with Crippen LogP contribution in [0.5, 0.6) is 0 Å². The molecule has 2 aromatic rings. The zero-order valence-electron chi connectivity index (χ0n) is 20.0. The number of anilines is 2. The second-order valence-electron chi connectivity index (χ2n) is 9.39. The van der Waals surface area contributed by atoms with E-state index in [4.69, 9.17) is 15.9 Å². The van der Waals surface area contributed by atoms with Crippen LogP contribution in [0.3, 0.4) is 0 Å². The molecule has 0 radical (unpaired) electrons. The number of fused-ring (bicyclic) bond motifs is 3. The van der Waals surface area contributed by atoms with Crippen LogP contribution in [-0.2, 0) is 11.2 Å². The minimum absolute atomic E-state index is 0.196. The Morgan fingerprint density at radius 3 is 2.27 bits per heavy atom. The fourth-order valence-corrected chi connectivity index (χ4v) is 5.08. The van der Waals surface area contributed by atoms with Crippen LogP contribution in [0.1, 0.15) is 64.6 Å². The number of allylic oxidation sites excluding steroid dienone is 1. The molecule has 1 unspecified atom stereocenters. The van der Waals surface area contributed by atoms with E-state index >= 15 is 0 Å². The first-order chi connectivity index (χ1) is 17.5. The molecule has 5 N–H and O–H groups in total. The van der Waals surface area contributed by atoms with Gasteiger partial charge < -0.3 is 26.2 Å². The number of hydrogen-bond acceptors (Lipinski definition) is 7. The van der Waals surface area contributed by atoms with Crippen LogP contribution in [0, 0.1) is 0 Å². The van der Waals surface area contributed by atoms with E-state index in [9.17, 15) is 23.2 Å². The highest BCUT2D eigenvalue weighted by Gasteiger charge is 2.42. The number of nitrogens with two attached hydrogens (primary N) is 1. The first kappa shape index (κ1) is 26.0. The number of aliphatic carboxylic acids is 1. The first-order valence-electron chi connectivity index (χ1n) is 11.8. The highest BCUT2D eigenvalue weighted by atomic mass is 19.3. The van der Waals surface area contributed by atoms with Crippen LogP contribution in [0.4, 0.5) is 20.3 Å². The van der Waals surface area contributed by atoms with E-state index in [1.807, 2.05) is 12.2 Å². The molecule has 4 heterocycles. The number of rotatable bonds is 6. The van der Waals surface area contributed by atoms with E-state index in [1.165, 1.54) is 6.20 Å². The molecule has 1 aliphatic carbocycles. The molecular weight excluding hydrogens is 488 g/mol. The van der Waals surface area contributed by atoms with Crippen LogP contribution in [-0.4, -0.2) is 62.1 Å². The van der Waals surface area contributed by atoms with E-state index < -0.39 is 23.8 Å². The molecule has 3 aliphatic rings. The number of carboxylic acids is 2. The standard InChI is InChI=1S/C22H23N5O3.C3H4F2O2/c23-21(28)17-11-24-18-3-1-2-16(18)20(17)26-13-8-14-5-6-15(9-13)27(14)19-7-4-12(10-25-19)22(29)30;1-3(4,5)2(6)7/h1-2,4,7,10-11,13-15H,3,5-6,8-9H2,(H2,23,28)(H,24,26)(H,29,30);1H3,(H,6,7)/t13?,14-,15+;. The van der Waals surface area contributed by atoms with E-state index in [1.54, 1.807) is 18.3 Å². The maximum Gasteiger partial charge on any atom is 0.374 e. The van der Waals surface area contributed by atoms with Crippen LogP contribution in [0.2, 0.25) is 0 Å². The molecule has 10 nitrogen and oxygen atoms in total. The lowest BCUT2D eigenvalue weighted by Crippen LogP contribution is -2.47. The number of amides is 1. The molecule has 2 saturated heterocycles. The Bertz CT molecular complexity index is 1230. The van der Waals surface area contributed by atoms with Crippen molar-refractivity contribution in [1.29, 1.82) is 0 Å². The number of piperidine rings is 1.